The molecule has 3 nitrogen and oxygen atoms in total. The number of fused-ring (bicyclic) bond motifs is 2. The average Bonchev–Trinajstić information content (AvgIpc) is 2.44. The normalized spacial score (nSPS) is 33.3. The average molecular weight is 337 g/mol. The van der Waals surface area contributed by atoms with Crippen molar-refractivity contribution in [3.05, 3.63) is 28.8 Å². The first-order chi connectivity index (χ1) is 10.8. The van der Waals surface area contributed by atoms with Gasteiger partial charge in [-0.3, -0.25) is 0 Å². The number of hydrogen-bond donors (Lipinski definition) is 1. The monoisotopic (exact) mass is 336 g/mol. The molecule has 2 aliphatic rings. The Labute approximate surface area is 143 Å². The molecule has 3 rings (SSSR count). The van der Waals surface area contributed by atoms with Gasteiger partial charge in [0, 0.05) is 5.41 Å². The van der Waals surface area contributed by atoms with E-state index in [0.29, 0.717) is 17.4 Å². The molecule has 2 unspecified atom stereocenters. The van der Waals surface area contributed by atoms with Gasteiger partial charge in [0.25, 0.3) is 0 Å². The fraction of sp³-hybridized carbons (Fsp3) is 0.632. The van der Waals surface area contributed by atoms with Crippen molar-refractivity contribution >= 4 is 17.6 Å². The van der Waals surface area contributed by atoms with Crippen LogP contribution in [-0.2, 0) is 0 Å². The van der Waals surface area contributed by atoms with Crippen LogP contribution < -0.4 is 4.74 Å². The molecular formula is C19H25ClO3. The van der Waals surface area contributed by atoms with Gasteiger partial charge in [0.15, 0.2) is 0 Å². The fourth-order valence-corrected chi connectivity index (χ4v) is 5.06. The third-order valence-corrected chi connectivity index (χ3v) is 5.75. The molecule has 23 heavy (non-hydrogen) atoms. The first-order valence-corrected chi connectivity index (χ1v) is 8.88. The van der Waals surface area contributed by atoms with Crippen LogP contribution >= 0.6 is 11.6 Å². The molecule has 126 valence electrons. The number of halogens is 1. The summed E-state index contributed by atoms with van der Waals surface area (Å²) in [5.74, 6) is 2.13. The van der Waals surface area contributed by atoms with E-state index in [2.05, 4.69) is 13.8 Å². The van der Waals surface area contributed by atoms with Crippen molar-refractivity contribution in [3.63, 3.8) is 0 Å². The number of carboxylic acid groups (broad SMARTS) is 1. The highest BCUT2D eigenvalue weighted by atomic mass is 35.5. The zero-order valence-electron chi connectivity index (χ0n) is 13.8. The van der Waals surface area contributed by atoms with Crippen molar-refractivity contribution in [2.45, 2.75) is 46.0 Å². The van der Waals surface area contributed by atoms with Gasteiger partial charge in [-0.1, -0.05) is 25.4 Å². The topological polar surface area (TPSA) is 46.5 Å². The summed E-state index contributed by atoms with van der Waals surface area (Å²) < 4.78 is 5.98. The zero-order chi connectivity index (χ0) is 16.6. The number of carboxylic acids is 1. The quantitative estimate of drug-likeness (QED) is 0.814. The van der Waals surface area contributed by atoms with E-state index in [1.54, 1.807) is 12.1 Å². The molecule has 0 aromatic heterocycles. The lowest BCUT2D eigenvalue weighted by molar-refractivity contribution is 0.0146. The largest absolute Gasteiger partial charge is 0.491 e. The lowest BCUT2D eigenvalue weighted by Crippen LogP contribution is -2.39. The third-order valence-electron chi connectivity index (χ3n) is 5.46. The second kappa shape index (κ2) is 6.35. The molecule has 1 N–H and O–H groups in total. The number of ether oxygens (including phenoxy) is 1. The molecule has 2 atom stereocenters. The number of carbonyl (C=O) groups is 1. The number of hydrogen-bond acceptors (Lipinski definition) is 2. The molecule has 1 aromatic rings. The van der Waals surface area contributed by atoms with Crippen LogP contribution in [0, 0.1) is 23.2 Å². The Morgan fingerprint density at radius 3 is 2.52 bits per heavy atom. The minimum Gasteiger partial charge on any atom is -0.491 e. The third kappa shape index (κ3) is 3.82. The van der Waals surface area contributed by atoms with E-state index in [4.69, 9.17) is 21.4 Å². The number of aromatic carboxylic acids is 1. The molecule has 0 aliphatic heterocycles. The molecular weight excluding hydrogens is 312 g/mol. The summed E-state index contributed by atoms with van der Waals surface area (Å²) in [5, 5.41) is 9.36. The van der Waals surface area contributed by atoms with E-state index in [0.717, 1.165) is 17.8 Å². The van der Waals surface area contributed by atoms with E-state index < -0.39 is 5.97 Å². The van der Waals surface area contributed by atoms with Crippen LogP contribution in [-0.4, -0.2) is 17.7 Å². The van der Waals surface area contributed by atoms with Crippen molar-refractivity contribution in [1.82, 2.24) is 0 Å². The van der Waals surface area contributed by atoms with Crippen LogP contribution in [0.4, 0.5) is 0 Å². The van der Waals surface area contributed by atoms with Crippen LogP contribution in [0.25, 0.3) is 0 Å². The van der Waals surface area contributed by atoms with Crippen LogP contribution in [0.2, 0.25) is 5.02 Å². The van der Waals surface area contributed by atoms with Gasteiger partial charge in [0.05, 0.1) is 17.2 Å². The SMILES string of the molecule is CC1CC2CC(C1)CC(C)(COc1ccc(C(=O)O)cc1Cl)C2. The predicted octanol–water partition coefficient (Wildman–Crippen LogP) is 5.27. The second-order valence-corrected chi connectivity index (χ2v) is 8.41. The van der Waals surface area contributed by atoms with Gasteiger partial charge >= 0.3 is 5.97 Å². The van der Waals surface area contributed by atoms with Gasteiger partial charge < -0.3 is 9.84 Å². The lowest BCUT2D eigenvalue weighted by Gasteiger charge is -2.47. The van der Waals surface area contributed by atoms with Gasteiger partial charge in [-0.15, -0.1) is 0 Å². The maximum Gasteiger partial charge on any atom is 0.335 e. The molecule has 2 saturated carbocycles. The fourth-order valence-electron chi connectivity index (χ4n) is 4.83. The van der Waals surface area contributed by atoms with E-state index >= 15 is 0 Å². The summed E-state index contributed by atoms with van der Waals surface area (Å²) in [7, 11) is 0. The van der Waals surface area contributed by atoms with Crippen LogP contribution in [0.3, 0.4) is 0 Å². The van der Waals surface area contributed by atoms with Crippen molar-refractivity contribution < 1.29 is 14.6 Å². The Hall–Kier alpha value is -1.22. The first kappa shape index (κ1) is 16.6. The van der Waals surface area contributed by atoms with Crippen molar-refractivity contribution in [2.75, 3.05) is 6.61 Å². The zero-order valence-corrected chi connectivity index (χ0v) is 14.6. The lowest BCUT2D eigenvalue weighted by atomic mass is 9.60. The van der Waals surface area contributed by atoms with E-state index in [1.807, 2.05) is 0 Å². The maximum atomic E-state index is 11.0. The Bertz CT molecular complexity index is 580. The second-order valence-electron chi connectivity index (χ2n) is 8.00. The number of rotatable bonds is 4. The molecule has 1 aromatic carbocycles. The Balaban J connectivity index is 1.65. The highest BCUT2D eigenvalue weighted by Gasteiger charge is 2.41. The van der Waals surface area contributed by atoms with Gasteiger partial charge in [-0.25, -0.2) is 4.79 Å². The molecule has 0 spiro atoms. The van der Waals surface area contributed by atoms with E-state index in [-0.39, 0.29) is 11.0 Å². The Morgan fingerprint density at radius 1 is 1.30 bits per heavy atom. The molecule has 4 heteroatoms. The van der Waals surface area contributed by atoms with E-state index in [9.17, 15) is 4.79 Å². The molecule has 0 heterocycles. The van der Waals surface area contributed by atoms with Crippen LogP contribution in [0.1, 0.15) is 56.3 Å². The van der Waals surface area contributed by atoms with Gasteiger partial charge in [0.1, 0.15) is 5.75 Å². The summed E-state index contributed by atoms with van der Waals surface area (Å²) in [4.78, 5) is 11.0. The Kier molecular flexibility index (Phi) is 4.59. The molecule has 0 amide bonds. The predicted molar refractivity (Wildman–Crippen MR) is 91.2 cm³/mol. The van der Waals surface area contributed by atoms with Crippen molar-refractivity contribution in [1.29, 1.82) is 0 Å². The van der Waals surface area contributed by atoms with Crippen LogP contribution in [0.15, 0.2) is 18.2 Å². The maximum absolute atomic E-state index is 11.0. The van der Waals surface area contributed by atoms with E-state index in [1.165, 1.54) is 38.2 Å². The van der Waals surface area contributed by atoms with Crippen molar-refractivity contribution in [2.24, 2.45) is 23.2 Å². The molecule has 2 fully saturated rings. The summed E-state index contributed by atoms with van der Waals surface area (Å²) in [6.45, 7) is 5.35. The molecule has 0 radical (unpaired) electrons. The molecule has 2 aliphatic carbocycles. The Morgan fingerprint density at radius 2 is 1.96 bits per heavy atom. The van der Waals surface area contributed by atoms with Crippen LogP contribution in [0.5, 0.6) is 5.75 Å². The minimum absolute atomic E-state index is 0.190. The molecule has 2 bridgehead atoms. The van der Waals surface area contributed by atoms with Gasteiger partial charge in [-0.05, 0) is 68.1 Å². The number of benzene rings is 1. The van der Waals surface area contributed by atoms with Crippen molar-refractivity contribution in [3.8, 4) is 5.75 Å². The minimum atomic E-state index is -0.973. The summed E-state index contributed by atoms with van der Waals surface area (Å²) in [5.41, 5.74) is 0.387. The highest BCUT2D eigenvalue weighted by molar-refractivity contribution is 6.32. The standard InChI is InChI=1S/C19H25ClO3/c1-12-5-13-7-14(6-12)10-19(2,9-13)11-23-17-4-3-15(18(21)22)8-16(17)20/h3-4,8,12-14H,5-7,9-11H2,1-2H3,(H,21,22). The highest BCUT2D eigenvalue weighted by Crippen LogP contribution is 2.50. The smallest absolute Gasteiger partial charge is 0.335 e. The van der Waals surface area contributed by atoms with Gasteiger partial charge in [0.2, 0.25) is 0 Å². The molecule has 0 saturated heterocycles. The summed E-state index contributed by atoms with van der Waals surface area (Å²) in [6.07, 6.45) is 6.52. The summed E-state index contributed by atoms with van der Waals surface area (Å²) in [6, 6.07) is 4.67. The first-order valence-electron chi connectivity index (χ1n) is 8.50. The summed E-state index contributed by atoms with van der Waals surface area (Å²) >= 11 is 6.16. The van der Waals surface area contributed by atoms with Gasteiger partial charge in [-0.2, -0.15) is 0 Å².